The van der Waals surface area contributed by atoms with Gasteiger partial charge in [-0.15, -0.1) is 6.58 Å². The quantitative estimate of drug-likeness (QED) is 0.604. The van der Waals surface area contributed by atoms with Crippen LogP contribution in [0.15, 0.2) is 31.0 Å². The van der Waals surface area contributed by atoms with Crippen molar-refractivity contribution in [3.8, 4) is 0 Å². The van der Waals surface area contributed by atoms with Gasteiger partial charge in [-0.25, -0.2) is 9.78 Å². The summed E-state index contributed by atoms with van der Waals surface area (Å²) in [6.45, 7) is 12.9. The molecule has 1 aromatic rings. The van der Waals surface area contributed by atoms with Crippen LogP contribution in [0.25, 0.3) is 0 Å². The van der Waals surface area contributed by atoms with Gasteiger partial charge in [0.05, 0.1) is 12.2 Å². The molecule has 0 bridgehead atoms. The summed E-state index contributed by atoms with van der Waals surface area (Å²) in [7, 11) is 0. The average molecular weight is 262 g/mol. The van der Waals surface area contributed by atoms with E-state index in [0.717, 1.165) is 5.82 Å². The van der Waals surface area contributed by atoms with Gasteiger partial charge in [-0.3, -0.25) is 0 Å². The molecule has 0 aliphatic rings. The van der Waals surface area contributed by atoms with E-state index < -0.39 is 0 Å². The molecule has 0 saturated carbocycles. The largest absolute Gasteiger partial charge is 0.462 e. The van der Waals surface area contributed by atoms with E-state index in [-0.39, 0.29) is 11.5 Å². The molecule has 104 valence electrons. The van der Waals surface area contributed by atoms with Crippen LogP contribution in [-0.4, -0.2) is 29.6 Å². The predicted octanol–water partition coefficient (Wildman–Crippen LogP) is 3.05. The van der Waals surface area contributed by atoms with Crippen LogP contribution in [0.3, 0.4) is 0 Å². The van der Waals surface area contributed by atoms with Gasteiger partial charge in [0.2, 0.25) is 0 Å². The fraction of sp³-hybridized carbons (Fsp3) is 0.467. The molecule has 0 radical (unpaired) electrons. The van der Waals surface area contributed by atoms with E-state index in [1.165, 1.54) is 0 Å². The van der Waals surface area contributed by atoms with Gasteiger partial charge in [-0.2, -0.15) is 0 Å². The first kappa shape index (κ1) is 15.2. The van der Waals surface area contributed by atoms with E-state index >= 15 is 0 Å². The number of ether oxygens (including phenoxy) is 1. The number of esters is 1. The van der Waals surface area contributed by atoms with Crippen LogP contribution < -0.4 is 4.90 Å². The molecule has 1 aromatic heterocycles. The Bertz CT molecular complexity index is 432. The highest BCUT2D eigenvalue weighted by Crippen LogP contribution is 2.21. The van der Waals surface area contributed by atoms with Gasteiger partial charge in [0.25, 0.3) is 0 Å². The molecule has 0 atom stereocenters. The summed E-state index contributed by atoms with van der Waals surface area (Å²) >= 11 is 0. The number of nitrogens with zero attached hydrogens (tertiary/aromatic N) is 2. The van der Waals surface area contributed by atoms with Gasteiger partial charge in [0.1, 0.15) is 5.82 Å². The highest BCUT2D eigenvalue weighted by Gasteiger charge is 2.21. The second-order valence-electron chi connectivity index (χ2n) is 5.20. The average Bonchev–Trinajstić information content (AvgIpc) is 2.35. The summed E-state index contributed by atoms with van der Waals surface area (Å²) in [6.07, 6.45) is 3.39. The maximum Gasteiger partial charge on any atom is 0.339 e. The van der Waals surface area contributed by atoms with E-state index in [2.05, 4.69) is 37.2 Å². The molecule has 0 aliphatic heterocycles. The first-order valence-electron chi connectivity index (χ1n) is 6.42. The van der Waals surface area contributed by atoms with Crippen molar-refractivity contribution in [1.29, 1.82) is 0 Å². The molecular weight excluding hydrogens is 240 g/mol. The zero-order valence-corrected chi connectivity index (χ0v) is 12.1. The minimum absolute atomic E-state index is 0.0629. The van der Waals surface area contributed by atoms with E-state index in [4.69, 9.17) is 4.74 Å². The minimum Gasteiger partial charge on any atom is -0.462 e. The van der Waals surface area contributed by atoms with Crippen LogP contribution in [0.5, 0.6) is 0 Å². The van der Waals surface area contributed by atoms with E-state index in [0.29, 0.717) is 18.7 Å². The fourth-order valence-corrected chi connectivity index (χ4v) is 1.72. The van der Waals surface area contributed by atoms with Crippen LogP contribution in [0, 0.1) is 0 Å². The van der Waals surface area contributed by atoms with Crippen LogP contribution >= 0.6 is 0 Å². The van der Waals surface area contributed by atoms with Gasteiger partial charge in [-0.05, 0) is 39.8 Å². The molecule has 1 heterocycles. The zero-order valence-electron chi connectivity index (χ0n) is 12.1. The number of carbonyl (C=O) groups excluding carboxylic acids is 1. The van der Waals surface area contributed by atoms with Gasteiger partial charge in [-0.1, -0.05) is 6.08 Å². The molecule has 1 rings (SSSR count). The van der Waals surface area contributed by atoms with E-state index in [9.17, 15) is 4.79 Å². The molecule has 0 spiro atoms. The minimum atomic E-state index is -0.340. The lowest BCUT2D eigenvalue weighted by atomic mass is 10.1. The maximum absolute atomic E-state index is 11.6. The number of hydrogen-bond acceptors (Lipinski definition) is 4. The summed E-state index contributed by atoms with van der Waals surface area (Å²) < 4.78 is 4.93. The van der Waals surface area contributed by atoms with E-state index in [1.807, 2.05) is 12.1 Å². The molecule has 0 aliphatic carbocycles. The van der Waals surface area contributed by atoms with Crippen molar-refractivity contribution in [3.63, 3.8) is 0 Å². The number of aromatic nitrogens is 1. The van der Waals surface area contributed by atoms with Crippen molar-refractivity contribution in [2.24, 2.45) is 0 Å². The standard InChI is InChI=1S/C15H22N2O2/c1-6-10-17(15(3,4)5)13-9-8-12(11-16-13)14(18)19-7-2/h6,8-9,11H,1,7,10H2,2-5H3. The van der Waals surface area contributed by atoms with Crippen LogP contribution in [-0.2, 0) is 4.74 Å². The predicted molar refractivity (Wildman–Crippen MR) is 77.5 cm³/mol. The van der Waals surface area contributed by atoms with Crippen molar-refractivity contribution >= 4 is 11.8 Å². The van der Waals surface area contributed by atoms with Crippen molar-refractivity contribution in [3.05, 3.63) is 36.5 Å². The van der Waals surface area contributed by atoms with E-state index in [1.54, 1.807) is 19.2 Å². The normalized spacial score (nSPS) is 10.9. The Kier molecular flexibility index (Phi) is 5.10. The Labute approximate surface area is 115 Å². The Morgan fingerprint density at radius 3 is 2.58 bits per heavy atom. The first-order valence-corrected chi connectivity index (χ1v) is 6.42. The molecule has 0 saturated heterocycles. The summed E-state index contributed by atoms with van der Waals surface area (Å²) in [5.41, 5.74) is 0.408. The Morgan fingerprint density at radius 2 is 2.16 bits per heavy atom. The monoisotopic (exact) mass is 262 g/mol. The second-order valence-corrected chi connectivity index (χ2v) is 5.20. The second kappa shape index (κ2) is 6.36. The molecular formula is C15H22N2O2. The SMILES string of the molecule is C=CCN(c1ccc(C(=O)OCC)cn1)C(C)(C)C. The molecule has 0 unspecified atom stereocenters. The highest BCUT2D eigenvalue weighted by molar-refractivity contribution is 5.89. The summed E-state index contributed by atoms with van der Waals surface area (Å²) in [5.74, 6) is 0.480. The molecule has 0 amide bonds. The lowest BCUT2D eigenvalue weighted by Gasteiger charge is -2.36. The van der Waals surface area contributed by atoms with Gasteiger partial charge >= 0.3 is 5.97 Å². The lowest BCUT2D eigenvalue weighted by Crippen LogP contribution is -2.42. The number of carbonyl (C=O) groups is 1. The van der Waals surface area contributed by atoms with Gasteiger partial charge in [0.15, 0.2) is 0 Å². The third kappa shape index (κ3) is 4.09. The molecule has 4 nitrogen and oxygen atoms in total. The number of pyridine rings is 1. The highest BCUT2D eigenvalue weighted by atomic mass is 16.5. The maximum atomic E-state index is 11.6. The first-order chi connectivity index (χ1) is 8.90. The zero-order chi connectivity index (χ0) is 14.5. The molecule has 19 heavy (non-hydrogen) atoms. The van der Waals surface area contributed by atoms with Crippen LogP contribution in [0.1, 0.15) is 38.1 Å². The topological polar surface area (TPSA) is 42.4 Å². The Balaban J connectivity index is 2.95. The van der Waals surface area contributed by atoms with Crippen molar-refractivity contribution in [1.82, 2.24) is 4.98 Å². The molecule has 4 heteroatoms. The lowest BCUT2D eigenvalue weighted by molar-refractivity contribution is 0.0526. The third-order valence-corrected chi connectivity index (χ3v) is 2.66. The van der Waals surface area contributed by atoms with Crippen LogP contribution in [0.2, 0.25) is 0 Å². The molecule has 0 N–H and O–H groups in total. The number of hydrogen-bond donors (Lipinski definition) is 0. The molecule has 0 aromatic carbocycles. The Hall–Kier alpha value is -1.84. The van der Waals surface area contributed by atoms with Crippen molar-refractivity contribution < 1.29 is 9.53 Å². The van der Waals surface area contributed by atoms with Crippen molar-refractivity contribution in [2.75, 3.05) is 18.1 Å². The summed E-state index contributed by atoms with van der Waals surface area (Å²) in [5, 5.41) is 0. The van der Waals surface area contributed by atoms with Crippen LogP contribution in [0.4, 0.5) is 5.82 Å². The van der Waals surface area contributed by atoms with Gasteiger partial charge in [0, 0.05) is 18.3 Å². The third-order valence-electron chi connectivity index (χ3n) is 2.66. The van der Waals surface area contributed by atoms with Gasteiger partial charge < -0.3 is 9.64 Å². The number of rotatable bonds is 5. The van der Waals surface area contributed by atoms with Crippen molar-refractivity contribution in [2.45, 2.75) is 33.2 Å². The summed E-state index contributed by atoms with van der Waals surface area (Å²) in [6, 6.07) is 3.57. The smallest absolute Gasteiger partial charge is 0.339 e. The fourth-order valence-electron chi connectivity index (χ4n) is 1.72. The number of anilines is 1. The Morgan fingerprint density at radius 1 is 1.47 bits per heavy atom. The summed E-state index contributed by atoms with van der Waals surface area (Å²) in [4.78, 5) is 18.0. The molecule has 0 fully saturated rings.